The quantitative estimate of drug-likeness (QED) is 0.715. The van der Waals surface area contributed by atoms with E-state index in [-0.39, 0.29) is 11.8 Å². The average molecular weight is 376 g/mol. The van der Waals surface area contributed by atoms with E-state index in [4.69, 9.17) is 10.00 Å². The zero-order valence-electron chi connectivity index (χ0n) is 16.1. The summed E-state index contributed by atoms with van der Waals surface area (Å²) in [6.07, 6.45) is 2.82. The maximum Gasteiger partial charge on any atom is 0.323 e. The van der Waals surface area contributed by atoms with Crippen LogP contribution in [0, 0.1) is 25.2 Å². The highest BCUT2D eigenvalue weighted by molar-refractivity contribution is 6.02. The summed E-state index contributed by atoms with van der Waals surface area (Å²) in [6, 6.07) is 6.79. The smallest absolute Gasteiger partial charge is 0.323 e. The van der Waals surface area contributed by atoms with Gasteiger partial charge in [-0.1, -0.05) is 0 Å². The van der Waals surface area contributed by atoms with Crippen LogP contribution in [0.5, 0.6) is 0 Å². The summed E-state index contributed by atoms with van der Waals surface area (Å²) in [6.45, 7) is 5.58. The van der Waals surface area contributed by atoms with Gasteiger partial charge in [-0.05, 0) is 44.5 Å². The molecule has 2 N–H and O–H groups in total. The Morgan fingerprint density at radius 3 is 2.64 bits per heavy atom. The largest absolute Gasteiger partial charge is 0.377 e. The summed E-state index contributed by atoms with van der Waals surface area (Å²) in [4.78, 5) is 25.5. The second-order valence-electron chi connectivity index (χ2n) is 6.36. The second kappa shape index (κ2) is 7.98. The third-order valence-electron chi connectivity index (χ3n) is 4.37. The summed E-state index contributed by atoms with van der Waals surface area (Å²) in [5.74, 6) is 0. The van der Waals surface area contributed by atoms with E-state index < -0.39 is 6.03 Å². The molecule has 28 heavy (non-hydrogen) atoms. The van der Waals surface area contributed by atoms with E-state index in [0.717, 1.165) is 22.3 Å². The molecule has 8 nitrogen and oxygen atoms in total. The number of amides is 2. The average Bonchev–Trinajstić information content (AvgIpc) is 2.68. The van der Waals surface area contributed by atoms with E-state index in [9.17, 15) is 4.79 Å². The first-order valence-electron chi connectivity index (χ1n) is 8.66. The van der Waals surface area contributed by atoms with Gasteiger partial charge in [-0.2, -0.15) is 5.26 Å². The van der Waals surface area contributed by atoms with Crippen LogP contribution >= 0.6 is 0 Å². The Labute approximate surface area is 162 Å². The zero-order chi connectivity index (χ0) is 20.3. The molecule has 2 amide bonds. The minimum Gasteiger partial charge on any atom is -0.377 e. The number of fused-ring (bicyclic) bond motifs is 1. The number of nitrogens with zero attached hydrogens (tertiary/aromatic N) is 4. The van der Waals surface area contributed by atoms with Crippen molar-refractivity contribution in [2.45, 2.75) is 26.9 Å². The van der Waals surface area contributed by atoms with E-state index in [0.29, 0.717) is 16.9 Å². The fourth-order valence-corrected chi connectivity index (χ4v) is 2.81. The van der Waals surface area contributed by atoms with Crippen molar-refractivity contribution in [3.05, 3.63) is 53.1 Å². The number of rotatable bonds is 4. The van der Waals surface area contributed by atoms with Gasteiger partial charge in [0.2, 0.25) is 0 Å². The molecule has 0 aromatic carbocycles. The van der Waals surface area contributed by atoms with Crippen LogP contribution in [-0.2, 0) is 4.74 Å². The monoisotopic (exact) mass is 376 g/mol. The second-order valence-corrected chi connectivity index (χ2v) is 6.36. The van der Waals surface area contributed by atoms with Crippen molar-refractivity contribution in [1.82, 2.24) is 15.0 Å². The molecule has 3 heterocycles. The van der Waals surface area contributed by atoms with Crippen LogP contribution in [0.1, 0.15) is 35.5 Å². The molecule has 0 saturated carbocycles. The number of carbonyl (C=O) groups excluding carboxylic acids is 1. The first-order valence-corrected chi connectivity index (χ1v) is 8.66. The minimum absolute atomic E-state index is 0.224. The molecule has 1 unspecified atom stereocenters. The van der Waals surface area contributed by atoms with Crippen molar-refractivity contribution < 1.29 is 9.53 Å². The molecule has 0 radical (unpaired) electrons. The standard InChI is InChI=1S/C20H20N6O2/c1-11-9-22-14(8-21)7-16(11)25-20(27)26-17-10-23-15-6-5-12(2)24-19(15)18(17)13(3)28-4/h5-7,9-10,13H,1-4H3,(H2,22,25,26,27). The van der Waals surface area contributed by atoms with Crippen molar-refractivity contribution in [2.24, 2.45) is 0 Å². The summed E-state index contributed by atoms with van der Waals surface area (Å²) in [7, 11) is 1.60. The number of urea groups is 1. The Balaban J connectivity index is 1.95. The summed E-state index contributed by atoms with van der Waals surface area (Å²) >= 11 is 0. The molecule has 3 rings (SSSR count). The van der Waals surface area contributed by atoms with E-state index >= 15 is 0 Å². The Morgan fingerprint density at radius 1 is 1.18 bits per heavy atom. The molecule has 0 saturated heterocycles. The lowest BCUT2D eigenvalue weighted by molar-refractivity contribution is 0.121. The van der Waals surface area contributed by atoms with Crippen molar-refractivity contribution in [3.63, 3.8) is 0 Å². The minimum atomic E-state index is -0.462. The highest BCUT2D eigenvalue weighted by Crippen LogP contribution is 2.31. The van der Waals surface area contributed by atoms with Gasteiger partial charge in [-0.3, -0.25) is 9.97 Å². The van der Waals surface area contributed by atoms with Crippen LogP contribution in [0.2, 0.25) is 0 Å². The molecule has 0 aliphatic heterocycles. The highest BCUT2D eigenvalue weighted by Gasteiger charge is 2.18. The maximum atomic E-state index is 12.6. The lowest BCUT2D eigenvalue weighted by atomic mass is 10.1. The van der Waals surface area contributed by atoms with Gasteiger partial charge in [0.15, 0.2) is 0 Å². The molecule has 8 heteroatoms. The highest BCUT2D eigenvalue weighted by atomic mass is 16.5. The molecule has 3 aromatic heterocycles. The van der Waals surface area contributed by atoms with Crippen LogP contribution in [0.4, 0.5) is 16.2 Å². The molecule has 0 aliphatic carbocycles. The topological polar surface area (TPSA) is 113 Å². The molecule has 0 spiro atoms. The first-order chi connectivity index (χ1) is 13.4. The van der Waals surface area contributed by atoms with E-state index in [1.807, 2.05) is 32.0 Å². The summed E-state index contributed by atoms with van der Waals surface area (Å²) in [5, 5.41) is 14.6. The van der Waals surface area contributed by atoms with Crippen LogP contribution < -0.4 is 10.6 Å². The third kappa shape index (κ3) is 3.89. The van der Waals surface area contributed by atoms with Gasteiger partial charge in [-0.15, -0.1) is 0 Å². The van der Waals surface area contributed by atoms with Crippen molar-refractivity contribution in [2.75, 3.05) is 17.7 Å². The molecule has 142 valence electrons. The van der Waals surface area contributed by atoms with Gasteiger partial charge in [0.1, 0.15) is 11.8 Å². The Hall–Kier alpha value is -3.57. The van der Waals surface area contributed by atoms with Crippen LogP contribution in [-0.4, -0.2) is 28.1 Å². The Kier molecular flexibility index (Phi) is 5.47. The van der Waals surface area contributed by atoms with Gasteiger partial charge in [0, 0.05) is 30.3 Å². The van der Waals surface area contributed by atoms with Crippen molar-refractivity contribution in [1.29, 1.82) is 5.26 Å². The Morgan fingerprint density at radius 2 is 1.93 bits per heavy atom. The molecule has 0 aliphatic rings. The molecule has 0 fully saturated rings. The fraction of sp³-hybridized carbons (Fsp3) is 0.250. The fourth-order valence-electron chi connectivity index (χ4n) is 2.81. The lowest BCUT2D eigenvalue weighted by Crippen LogP contribution is -2.22. The number of nitrogens with one attached hydrogen (secondary N) is 2. The van der Waals surface area contributed by atoms with E-state index in [1.165, 1.54) is 12.3 Å². The molecular formula is C20H20N6O2. The maximum absolute atomic E-state index is 12.6. The van der Waals surface area contributed by atoms with E-state index in [2.05, 4.69) is 25.6 Å². The number of pyridine rings is 3. The normalized spacial score (nSPS) is 11.7. The molecule has 0 bridgehead atoms. The van der Waals surface area contributed by atoms with Gasteiger partial charge < -0.3 is 15.4 Å². The Bertz CT molecular complexity index is 1090. The van der Waals surface area contributed by atoms with Crippen LogP contribution in [0.3, 0.4) is 0 Å². The molecular weight excluding hydrogens is 356 g/mol. The number of anilines is 2. The third-order valence-corrected chi connectivity index (χ3v) is 4.37. The number of methoxy groups -OCH3 is 1. The summed E-state index contributed by atoms with van der Waals surface area (Å²) < 4.78 is 5.49. The van der Waals surface area contributed by atoms with E-state index in [1.54, 1.807) is 20.2 Å². The number of carbonyl (C=O) groups is 1. The van der Waals surface area contributed by atoms with Gasteiger partial charge in [-0.25, -0.2) is 9.78 Å². The zero-order valence-corrected chi connectivity index (χ0v) is 16.1. The number of nitriles is 1. The predicted molar refractivity (Wildman–Crippen MR) is 106 cm³/mol. The van der Waals surface area contributed by atoms with Crippen molar-refractivity contribution >= 4 is 28.4 Å². The van der Waals surface area contributed by atoms with Crippen molar-refractivity contribution in [3.8, 4) is 6.07 Å². The van der Waals surface area contributed by atoms with Crippen LogP contribution in [0.15, 0.2) is 30.6 Å². The SMILES string of the molecule is COC(C)c1c(NC(=O)Nc2cc(C#N)ncc2C)cnc2ccc(C)nc12. The number of hydrogen-bond acceptors (Lipinski definition) is 6. The number of hydrogen-bond donors (Lipinski definition) is 2. The van der Waals surface area contributed by atoms with Gasteiger partial charge >= 0.3 is 6.03 Å². The lowest BCUT2D eigenvalue weighted by Gasteiger charge is -2.18. The number of aryl methyl sites for hydroxylation is 2. The van der Waals surface area contributed by atoms with Gasteiger partial charge in [0.25, 0.3) is 0 Å². The summed E-state index contributed by atoms with van der Waals surface area (Å²) in [5.41, 5.74) is 4.97. The van der Waals surface area contributed by atoms with Gasteiger partial charge in [0.05, 0.1) is 29.0 Å². The molecule has 1 atom stereocenters. The van der Waals surface area contributed by atoms with Crippen LogP contribution in [0.25, 0.3) is 11.0 Å². The predicted octanol–water partition coefficient (Wildman–Crippen LogP) is 3.86. The number of aromatic nitrogens is 3. The number of ether oxygens (including phenoxy) is 1. The first kappa shape index (κ1) is 19.2. The molecule has 3 aromatic rings.